The molecule has 90 valence electrons. The topological polar surface area (TPSA) is 94.0 Å². The highest BCUT2D eigenvalue weighted by Gasteiger charge is 2.12. The third-order valence-corrected chi connectivity index (χ3v) is 2.89. The van der Waals surface area contributed by atoms with Crippen LogP contribution in [0, 0.1) is 6.92 Å². The van der Waals surface area contributed by atoms with Crippen LogP contribution >= 0.6 is 11.3 Å². The lowest BCUT2D eigenvalue weighted by Crippen LogP contribution is -2.13. The Kier molecular flexibility index (Phi) is 3.50. The fourth-order valence-corrected chi connectivity index (χ4v) is 2.02. The third-order valence-electron chi connectivity index (χ3n) is 1.98. The van der Waals surface area contributed by atoms with Gasteiger partial charge < -0.3 is 10.2 Å². The van der Waals surface area contributed by atoms with E-state index < -0.39 is 0 Å². The van der Waals surface area contributed by atoms with Crippen LogP contribution in [0.5, 0.6) is 0 Å². The van der Waals surface area contributed by atoms with Crippen molar-refractivity contribution in [3.8, 4) is 0 Å². The van der Waals surface area contributed by atoms with E-state index >= 15 is 0 Å². The Morgan fingerprint density at radius 2 is 2.41 bits per heavy atom. The predicted octanol–water partition coefficient (Wildman–Crippen LogP) is 1.19. The molecule has 0 saturated heterocycles. The van der Waals surface area contributed by atoms with Crippen LogP contribution in [0.3, 0.4) is 0 Å². The first-order valence-corrected chi connectivity index (χ1v) is 5.95. The largest absolute Gasteiger partial charge is 0.432 e. The van der Waals surface area contributed by atoms with Crippen LogP contribution in [0.2, 0.25) is 0 Å². The first kappa shape index (κ1) is 11.7. The molecule has 0 radical (unpaired) electrons. The summed E-state index contributed by atoms with van der Waals surface area (Å²) in [6.45, 7) is 2.30. The summed E-state index contributed by atoms with van der Waals surface area (Å²) in [7, 11) is 0. The number of thiazole rings is 1. The van der Waals surface area contributed by atoms with Gasteiger partial charge in [-0.1, -0.05) is 0 Å². The molecular formula is C10H12N4O2S. The Balaban J connectivity index is 2.03. The van der Waals surface area contributed by atoms with Gasteiger partial charge in [-0.05, 0) is 13.5 Å². The molecule has 3 N–H and O–H groups in total. The van der Waals surface area contributed by atoms with Crippen molar-refractivity contribution in [3.05, 3.63) is 28.0 Å². The van der Waals surface area contributed by atoms with E-state index in [2.05, 4.69) is 15.3 Å². The zero-order chi connectivity index (χ0) is 12.3. The van der Waals surface area contributed by atoms with Gasteiger partial charge in [0.15, 0.2) is 0 Å². The quantitative estimate of drug-likeness (QED) is 0.852. The van der Waals surface area contributed by atoms with Crippen molar-refractivity contribution in [2.75, 3.05) is 11.9 Å². The van der Waals surface area contributed by atoms with Crippen LogP contribution in [0.1, 0.15) is 21.2 Å². The van der Waals surface area contributed by atoms with Gasteiger partial charge in [0.1, 0.15) is 12.0 Å². The molecule has 0 fully saturated rings. The van der Waals surface area contributed by atoms with Gasteiger partial charge in [-0.3, -0.25) is 10.1 Å². The smallest absolute Gasteiger partial charge is 0.301 e. The van der Waals surface area contributed by atoms with Crippen molar-refractivity contribution in [1.82, 2.24) is 9.97 Å². The first-order chi connectivity index (χ1) is 8.19. The number of aromatic nitrogens is 2. The lowest BCUT2D eigenvalue weighted by atomic mass is 10.4. The van der Waals surface area contributed by atoms with Crippen molar-refractivity contribution in [3.63, 3.8) is 0 Å². The van der Waals surface area contributed by atoms with Crippen molar-refractivity contribution >= 4 is 23.3 Å². The van der Waals surface area contributed by atoms with E-state index in [1.807, 2.05) is 0 Å². The molecule has 2 heterocycles. The summed E-state index contributed by atoms with van der Waals surface area (Å²) >= 11 is 1.42. The van der Waals surface area contributed by atoms with E-state index in [4.69, 9.17) is 10.2 Å². The third kappa shape index (κ3) is 2.89. The minimum absolute atomic E-state index is 0.181. The van der Waals surface area contributed by atoms with Crippen LogP contribution in [0.25, 0.3) is 0 Å². The first-order valence-electron chi connectivity index (χ1n) is 5.07. The Labute approximate surface area is 102 Å². The molecule has 2 aromatic heterocycles. The number of carbonyl (C=O) groups is 1. The molecule has 0 atom stereocenters. The molecule has 6 nitrogen and oxygen atoms in total. The Hall–Kier alpha value is -1.73. The highest BCUT2D eigenvalue weighted by molar-refractivity contribution is 7.09. The molecule has 0 aliphatic heterocycles. The number of nitrogens with two attached hydrogens (primary N) is 1. The minimum atomic E-state index is -0.327. The Bertz CT molecular complexity index is 520. The summed E-state index contributed by atoms with van der Waals surface area (Å²) in [4.78, 5) is 19.9. The Morgan fingerprint density at radius 1 is 1.59 bits per heavy atom. The van der Waals surface area contributed by atoms with Gasteiger partial charge in [0, 0.05) is 11.8 Å². The monoisotopic (exact) mass is 252 g/mol. The number of aryl methyl sites for hydroxylation is 1. The molecule has 0 aliphatic carbocycles. The van der Waals surface area contributed by atoms with Gasteiger partial charge >= 0.3 is 6.01 Å². The van der Waals surface area contributed by atoms with Crippen LogP contribution in [-0.2, 0) is 6.42 Å². The molecule has 17 heavy (non-hydrogen) atoms. The van der Waals surface area contributed by atoms with Gasteiger partial charge in [-0.25, -0.2) is 4.98 Å². The van der Waals surface area contributed by atoms with Gasteiger partial charge in [0.2, 0.25) is 0 Å². The van der Waals surface area contributed by atoms with Crippen LogP contribution in [0.4, 0.5) is 6.01 Å². The number of hydrogen-bond acceptors (Lipinski definition) is 6. The number of amides is 1. The number of nitrogens with one attached hydrogen (secondary N) is 1. The van der Waals surface area contributed by atoms with Gasteiger partial charge in [-0.15, -0.1) is 11.3 Å². The molecule has 0 bridgehead atoms. The highest BCUT2D eigenvalue weighted by Crippen LogP contribution is 2.12. The maximum atomic E-state index is 11.7. The number of oxazole rings is 1. The van der Waals surface area contributed by atoms with E-state index in [1.54, 1.807) is 12.3 Å². The number of anilines is 1. The summed E-state index contributed by atoms with van der Waals surface area (Å²) in [5, 5.41) is 5.07. The molecule has 0 aliphatic rings. The number of rotatable bonds is 4. The zero-order valence-electron chi connectivity index (χ0n) is 9.27. The summed E-state index contributed by atoms with van der Waals surface area (Å²) < 4.78 is 5.02. The van der Waals surface area contributed by atoms with Crippen molar-refractivity contribution in [2.45, 2.75) is 13.3 Å². The van der Waals surface area contributed by atoms with Gasteiger partial charge in [0.05, 0.1) is 10.7 Å². The average molecular weight is 252 g/mol. The molecule has 0 spiro atoms. The van der Waals surface area contributed by atoms with Gasteiger partial charge in [-0.2, -0.15) is 4.98 Å². The fraction of sp³-hybridized carbons (Fsp3) is 0.300. The number of hydrogen-bond donors (Lipinski definition) is 2. The molecular weight excluding hydrogens is 240 g/mol. The van der Waals surface area contributed by atoms with E-state index in [0.29, 0.717) is 24.4 Å². The maximum absolute atomic E-state index is 11.7. The molecule has 2 aromatic rings. The molecule has 1 amide bonds. The lowest BCUT2D eigenvalue weighted by molar-refractivity contribution is 0.102. The average Bonchev–Trinajstić information content (AvgIpc) is 2.88. The van der Waals surface area contributed by atoms with Gasteiger partial charge in [0.25, 0.3) is 5.91 Å². The molecule has 0 aromatic carbocycles. The minimum Gasteiger partial charge on any atom is -0.432 e. The lowest BCUT2D eigenvalue weighted by Gasteiger charge is -1.96. The SMILES string of the molecule is Cc1coc(NC(=O)c2csc(CCN)n2)n1. The standard InChI is InChI=1S/C10H12N4O2S/c1-6-4-16-10(12-6)14-9(15)7-5-17-8(13-7)2-3-11/h4-5H,2-3,11H2,1H3,(H,12,14,15). The van der Waals surface area contributed by atoms with E-state index in [1.165, 1.54) is 17.6 Å². The van der Waals surface area contributed by atoms with Crippen molar-refractivity contribution in [2.24, 2.45) is 5.73 Å². The summed E-state index contributed by atoms with van der Waals surface area (Å²) in [5.74, 6) is -0.327. The van der Waals surface area contributed by atoms with Crippen molar-refractivity contribution in [1.29, 1.82) is 0 Å². The molecule has 0 unspecified atom stereocenters. The van der Waals surface area contributed by atoms with E-state index in [0.717, 1.165) is 5.01 Å². The Morgan fingerprint density at radius 3 is 3.06 bits per heavy atom. The highest BCUT2D eigenvalue weighted by atomic mass is 32.1. The second-order valence-electron chi connectivity index (χ2n) is 3.41. The number of carbonyl (C=O) groups excluding carboxylic acids is 1. The van der Waals surface area contributed by atoms with Crippen molar-refractivity contribution < 1.29 is 9.21 Å². The fourth-order valence-electron chi connectivity index (χ4n) is 1.23. The zero-order valence-corrected chi connectivity index (χ0v) is 10.1. The summed E-state index contributed by atoms with van der Waals surface area (Å²) in [6.07, 6.45) is 2.15. The van der Waals surface area contributed by atoms with Crippen LogP contribution in [0.15, 0.2) is 16.1 Å². The maximum Gasteiger partial charge on any atom is 0.301 e. The molecule has 2 rings (SSSR count). The molecule has 0 saturated carbocycles. The predicted molar refractivity (Wildman–Crippen MR) is 64.1 cm³/mol. The van der Waals surface area contributed by atoms with Crippen LogP contribution < -0.4 is 11.1 Å². The second kappa shape index (κ2) is 5.07. The summed E-state index contributed by atoms with van der Waals surface area (Å²) in [5.41, 5.74) is 6.48. The number of nitrogens with zero attached hydrogens (tertiary/aromatic N) is 2. The van der Waals surface area contributed by atoms with E-state index in [9.17, 15) is 4.79 Å². The molecule has 7 heteroatoms. The normalized spacial score (nSPS) is 10.5. The van der Waals surface area contributed by atoms with E-state index in [-0.39, 0.29) is 11.9 Å². The van der Waals surface area contributed by atoms with Crippen LogP contribution in [-0.4, -0.2) is 22.4 Å². The second-order valence-corrected chi connectivity index (χ2v) is 4.36. The summed E-state index contributed by atoms with van der Waals surface area (Å²) in [6, 6.07) is 0.181.